The molecule has 0 radical (unpaired) electrons. The second-order valence-electron chi connectivity index (χ2n) is 3.35. The molecule has 0 atom stereocenters. The van der Waals surface area contributed by atoms with Gasteiger partial charge in [-0.15, -0.1) is 0 Å². The first-order valence-corrected chi connectivity index (χ1v) is 5.26. The molecule has 0 aliphatic rings. The lowest BCUT2D eigenvalue weighted by Crippen LogP contribution is -2.13. The third-order valence-corrected chi connectivity index (χ3v) is 2.71. The zero-order valence-electron chi connectivity index (χ0n) is 8.41. The highest BCUT2D eigenvalue weighted by Crippen LogP contribution is 2.18. The summed E-state index contributed by atoms with van der Waals surface area (Å²) in [5, 5.41) is 2.95. The van der Waals surface area contributed by atoms with Crippen LogP contribution < -0.4 is 5.56 Å². The van der Waals surface area contributed by atoms with Gasteiger partial charge in [0.15, 0.2) is 0 Å². The highest BCUT2D eigenvalue weighted by molar-refractivity contribution is 9.10. The maximum absolute atomic E-state index is 11.8. The number of pyridine rings is 1. The summed E-state index contributed by atoms with van der Waals surface area (Å²) in [6.07, 6.45) is 1.68. The summed E-state index contributed by atoms with van der Waals surface area (Å²) in [4.78, 5) is 15.9. The first-order valence-electron chi connectivity index (χ1n) is 4.47. The fourth-order valence-corrected chi connectivity index (χ4v) is 1.78. The Bertz CT molecular complexity index is 539. The second kappa shape index (κ2) is 3.66. The van der Waals surface area contributed by atoms with E-state index in [4.69, 9.17) is 0 Å². The van der Waals surface area contributed by atoms with E-state index in [0.717, 1.165) is 15.9 Å². The minimum atomic E-state index is -0.0309. The van der Waals surface area contributed by atoms with Gasteiger partial charge in [-0.1, -0.05) is 0 Å². The van der Waals surface area contributed by atoms with E-state index in [1.807, 2.05) is 19.1 Å². The number of hydrogen-bond donors (Lipinski definition) is 1. The Hall–Kier alpha value is -1.36. The zero-order chi connectivity index (χ0) is 11.0. The average molecular weight is 268 g/mol. The smallest absolute Gasteiger partial charge is 0.274 e. The van der Waals surface area contributed by atoms with Gasteiger partial charge in [0.05, 0.1) is 5.56 Å². The number of aryl methyl sites for hydroxylation is 2. The molecule has 2 aromatic rings. The normalized spacial score (nSPS) is 10.6. The third kappa shape index (κ3) is 1.74. The number of nitrogens with zero attached hydrogens (tertiary/aromatic N) is 2. The van der Waals surface area contributed by atoms with Crippen LogP contribution in [0.1, 0.15) is 5.69 Å². The van der Waals surface area contributed by atoms with Crippen LogP contribution in [0.4, 0.5) is 0 Å². The predicted octanol–water partition coefficient (Wildman–Crippen LogP) is 1.85. The summed E-state index contributed by atoms with van der Waals surface area (Å²) in [6, 6.07) is 3.69. The van der Waals surface area contributed by atoms with Crippen molar-refractivity contribution in [3.63, 3.8) is 0 Å². The maximum atomic E-state index is 11.8. The standard InChI is InChI=1S/C10H10BrN3O/c1-6-9(10(15)14(2)13-6)7-3-4-8(11)12-5-7/h3-5,13H,1-2H3. The Morgan fingerprint density at radius 2 is 2.20 bits per heavy atom. The monoisotopic (exact) mass is 267 g/mol. The molecule has 1 N–H and O–H groups in total. The number of H-pyrrole nitrogens is 1. The third-order valence-electron chi connectivity index (χ3n) is 2.24. The van der Waals surface area contributed by atoms with Gasteiger partial charge < -0.3 is 0 Å². The van der Waals surface area contributed by atoms with Crippen LogP contribution in [-0.4, -0.2) is 14.8 Å². The Balaban J connectivity index is 2.64. The largest absolute Gasteiger partial charge is 0.300 e. The van der Waals surface area contributed by atoms with Crippen molar-refractivity contribution in [3.8, 4) is 11.1 Å². The average Bonchev–Trinajstić information content (AvgIpc) is 2.44. The van der Waals surface area contributed by atoms with Crippen LogP contribution in [0.5, 0.6) is 0 Å². The first kappa shape index (κ1) is 10.2. The Labute approximate surface area is 95.1 Å². The zero-order valence-corrected chi connectivity index (χ0v) is 10.00. The van der Waals surface area contributed by atoms with Gasteiger partial charge in [-0.25, -0.2) is 4.98 Å². The molecule has 78 valence electrons. The van der Waals surface area contributed by atoms with Crippen molar-refractivity contribution in [2.75, 3.05) is 0 Å². The van der Waals surface area contributed by atoms with E-state index in [-0.39, 0.29) is 5.56 Å². The predicted molar refractivity (Wildman–Crippen MR) is 61.7 cm³/mol. The molecule has 4 nitrogen and oxygen atoms in total. The lowest BCUT2D eigenvalue weighted by Gasteiger charge is -1.97. The minimum Gasteiger partial charge on any atom is -0.300 e. The van der Waals surface area contributed by atoms with Gasteiger partial charge in [-0.2, -0.15) is 0 Å². The summed E-state index contributed by atoms with van der Waals surface area (Å²) in [6.45, 7) is 1.87. The van der Waals surface area contributed by atoms with Gasteiger partial charge in [0, 0.05) is 24.5 Å². The number of halogens is 1. The quantitative estimate of drug-likeness (QED) is 0.802. The molecule has 0 saturated heterocycles. The van der Waals surface area contributed by atoms with Crippen LogP contribution in [0.2, 0.25) is 0 Å². The van der Waals surface area contributed by atoms with Crippen LogP contribution in [0.15, 0.2) is 27.7 Å². The SMILES string of the molecule is Cc1[nH]n(C)c(=O)c1-c1ccc(Br)nc1. The lowest BCUT2D eigenvalue weighted by molar-refractivity contribution is 0.731. The molecular weight excluding hydrogens is 258 g/mol. The number of hydrogen-bond acceptors (Lipinski definition) is 2. The van der Waals surface area contributed by atoms with E-state index in [9.17, 15) is 4.79 Å². The van der Waals surface area contributed by atoms with Crippen LogP contribution in [0, 0.1) is 6.92 Å². The van der Waals surface area contributed by atoms with Gasteiger partial charge in [-0.3, -0.25) is 14.6 Å². The summed E-state index contributed by atoms with van der Waals surface area (Å²) in [7, 11) is 1.70. The fourth-order valence-electron chi connectivity index (χ4n) is 1.55. The molecule has 0 aliphatic heterocycles. The van der Waals surface area contributed by atoms with E-state index in [2.05, 4.69) is 26.0 Å². The number of aromatic amines is 1. The van der Waals surface area contributed by atoms with Gasteiger partial charge in [0.1, 0.15) is 4.60 Å². The van der Waals surface area contributed by atoms with E-state index in [1.54, 1.807) is 13.2 Å². The van der Waals surface area contributed by atoms with Crippen molar-refractivity contribution in [3.05, 3.63) is 39.0 Å². The van der Waals surface area contributed by atoms with Gasteiger partial charge in [-0.05, 0) is 35.0 Å². The van der Waals surface area contributed by atoms with Crippen molar-refractivity contribution in [1.29, 1.82) is 0 Å². The molecule has 2 heterocycles. The molecule has 0 spiro atoms. The molecule has 15 heavy (non-hydrogen) atoms. The summed E-state index contributed by atoms with van der Waals surface area (Å²) in [5.41, 5.74) is 2.33. The summed E-state index contributed by atoms with van der Waals surface area (Å²) in [5.74, 6) is 0. The maximum Gasteiger partial charge on any atom is 0.274 e. The van der Waals surface area contributed by atoms with Crippen LogP contribution in [0.3, 0.4) is 0 Å². The van der Waals surface area contributed by atoms with Crippen molar-refractivity contribution >= 4 is 15.9 Å². The van der Waals surface area contributed by atoms with Crippen molar-refractivity contribution < 1.29 is 0 Å². The molecule has 0 aromatic carbocycles. The second-order valence-corrected chi connectivity index (χ2v) is 4.16. The number of nitrogens with one attached hydrogen (secondary N) is 1. The van der Waals surface area contributed by atoms with E-state index in [1.165, 1.54) is 4.68 Å². The molecular formula is C10H10BrN3O. The summed E-state index contributed by atoms with van der Waals surface area (Å²) >= 11 is 3.26. The van der Waals surface area contributed by atoms with E-state index < -0.39 is 0 Å². The van der Waals surface area contributed by atoms with E-state index >= 15 is 0 Å². The van der Waals surface area contributed by atoms with Crippen molar-refractivity contribution in [2.24, 2.45) is 7.05 Å². The van der Waals surface area contributed by atoms with E-state index in [0.29, 0.717) is 5.56 Å². The number of rotatable bonds is 1. The Morgan fingerprint density at radius 3 is 2.67 bits per heavy atom. The Morgan fingerprint density at radius 1 is 1.47 bits per heavy atom. The molecule has 0 unspecified atom stereocenters. The lowest BCUT2D eigenvalue weighted by atomic mass is 10.1. The number of aromatic nitrogens is 3. The minimum absolute atomic E-state index is 0.0309. The molecule has 0 bridgehead atoms. The summed E-state index contributed by atoms with van der Waals surface area (Å²) < 4.78 is 2.23. The molecule has 2 aromatic heterocycles. The van der Waals surface area contributed by atoms with Crippen LogP contribution in [-0.2, 0) is 7.05 Å². The molecule has 0 fully saturated rings. The topological polar surface area (TPSA) is 50.7 Å². The van der Waals surface area contributed by atoms with Gasteiger partial charge in [0.2, 0.25) is 0 Å². The molecule has 0 amide bonds. The van der Waals surface area contributed by atoms with Gasteiger partial charge >= 0.3 is 0 Å². The van der Waals surface area contributed by atoms with Crippen LogP contribution in [0.25, 0.3) is 11.1 Å². The van der Waals surface area contributed by atoms with Gasteiger partial charge in [0.25, 0.3) is 5.56 Å². The van der Waals surface area contributed by atoms with Crippen molar-refractivity contribution in [2.45, 2.75) is 6.92 Å². The highest BCUT2D eigenvalue weighted by atomic mass is 79.9. The molecule has 2 rings (SSSR count). The molecule has 0 aliphatic carbocycles. The molecule has 0 saturated carbocycles. The molecule has 5 heteroatoms. The van der Waals surface area contributed by atoms with Crippen molar-refractivity contribution in [1.82, 2.24) is 14.8 Å². The Kier molecular flexibility index (Phi) is 2.48. The van der Waals surface area contributed by atoms with Crippen LogP contribution >= 0.6 is 15.9 Å². The highest BCUT2D eigenvalue weighted by Gasteiger charge is 2.11. The fraction of sp³-hybridized carbons (Fsp3) is 0.200. The first-order chi connectivity index (χ1) is 7.09.